The van der Waals surface area contributed by atoms with Crippen LogP contribution in [0.4, 0.5) is 4.79 Å². The van der Waals surface area contributed by atoms with Crippen LogP contribution in [0.2, 0.25) is 18.1 Å². The lowest BCUT2D eigenvalue weighted by atomic mass is 10.1. The van der Waals surface area contributed by atoms with E-state index in [4.69, 9.17) is 9.16 Å². The lowest BCUT2D eigenvalue weighted by Crippen LogP contribution is -2.42. The molecule has 1 heterocycles. The number of rotatable bonds is 6. The Morgan fingerprint density at radius 2 is 1.92 bits per heavy atom. The van der Waals surface area contributed by atoms with Gasteiger partial charge in [-0.15, -0.1) is 0 Å². The van der Waals surface area contributed by atoms with Gasteiger partial charge in [0.2, 0.25) is 0 Å². The first-order chi connectivity index (χ1) is 11.2. The SMILES string of the molecule is CC(C)(C)[Si](C)(C)OCC[C@@H]1NC(=O)OC1/C=C/c1ccccc1. The molecule has 1 aliphatic rings. The van der Waals surface area contributed by atoms with Crippen molar-refractivity contribution in [1.29, 1.82) is 0 Å². The number of alkyl carbamates (subject to hydrolysis) is 1. The van der Waals surface area contributed by atoms with Gasteiger partial charge in [0.05, 0.1) is 6.04 Å². The zero-order valence-electron chi connectivity index (χ0n) is 15.3. The van der Waals surface area contributed by atoms with Crippen molar-refractivity contribution in [3.63, 3.8) is 0 Å². The normalized spacial score (nSPS) is 21.8. The third-order valence-electron chi connectivity index (χ3n) is 4.92. The highest BCUT2D eigenvalue weighted by Crippen LogP contribution is 2.36. The molecule has 1 aliphatic heterocycles. The molecule has 1 saturated heterocycles. The minimum Gasteiger partial charge on any atom is -0.440 e. The standard InChI is InChI=1S/C19H29NO3Si/c1-19(2,3)24(4,5)22-14-13-16-17(23-18(21)20-16)12-11-15-9-7-6-8-10-15/h6-12,16-17H,13-14H2,1-5H3,(H,20,21)/b12-11+/t16-,17?/m0/s1. The van der Waals surface area contributed by atoms with Crippen LogP contribution in [0.3, 0.4) is 0 Å². The van der Waals surface area contributed by atoms with E-state index in [2.05, 4.69) is 39.2 Å². The molecule has 1 fully saturated rings. The molecular weight excluding hydrogens is 318 g/mol. The van der Waals surface area contributed by atoms with Gasteiger partial charge in [-0.25, -0.2) is 4.79 Å². The lowest BCUT2D eigenvalue weighted by Gasteiger charge is -2.36. The maximum absolute atomic E-state index is 11.6. The smallest absolute Gasteiger partial charge is 0.408 e. The molecule has 1 aromatic rings. The van der Waals surface area contributed by atoms with Crippen LogP contribution in [0.15, 0.2) is 36.4 Å². The second kappa shape index (κ2) is 7.53. The molecule has 0 aliphatic carbocycles. The van der Waals surface area contributed by atoms with E-state index in [1.54, 1.807) is 0 Å². The second-order valence-electron chi connectivity index (χ2n) is 7.79. The molecule has 0 radical (unpaired) electrons. The van der Waals surface area contributed by atoms with Crippen molar-refractivity contribution in [2.75, 3.05) is 6.61 Å². The summed E-state index contributed by atoms with van der Waals surface area (Å²) in [6, 6.07) is 9.97. The summed E-state index contributed by atoms with van der Waals surface area (Å²) in [6.45, 7) is 11.8. The van der Waals surface area contributed by atoms with Crippen LogP contribution >= 0.6 is 0 Å². The van der Waals surface area contributed by atoms with E-state index in [9.17, 15) is 4.79 Å². The summed E-state index contributed by atoms with van der Waals surface area (Å²) in [6.07, 6.45) is 4.09. The van der Waals surface area contributed by atoms with Gasteiger partial charge in [-0.1, -0.05) is 57.2 Å². The fourth-order valence-electron chi connectivity index (χ4n) is 2.31. The van der Waals surface area contributed by atoms with E-state index in [-0.39, 0.29) is 23.3 Å². The Morgan fingerprint density at radius 1 is 1.25 bits per heavy atom. The predicted octanol–water partition coefficient (Wildman–Crippen LogP) is 4.59. The monoisotopic (exact) mass is 347 g/mol. The molecule has 0 bridgehead atoms. The number of hydrogen-bond acceptors (Lipinski definition) is 3. The first-order valence-electron chi connectivity index (χ1n) is 8.53. The highest BCUT2D eigenvalue weighted by Gasteiger charge is 2.38. The molecule has 5 heteroatoms. The maximum Gasteiger partial charge on any atom is 0.408 e. The van der Waals surface area contributed by atoms with Crippen molar-refractivity contribution in [2.24, 2.45) is 0 Å². The lowest BCUT2D eigenvalue weighted by molar-refractivity contribution is 0.150. The molecule has 132 valence electrons. The summed E-state index contributed by atoms with van der Waals surface area (Å²) < 4.78 is 11.6. The van der Waals surface area contributed by atoms with Crippen LogP contribution in [0, 0.1) is 0 Å². The van der Waals surface area contributed by atoms with Crippen LogP contribution in [0.25, 0.3) is 6.08 Å². The highest BCUT2D eigenvalue weighted by molar-refractivity contribution is 6.74. The van der Waals surface area contributed by atoms with Crippen molar-refractivity contribution in [3.8, 4) is 0 Å². The Morgan fingerprint density at radius 3 is 2.54 bits per heavy atom. The molecule has 0 spiro atoms. The maximum atomic E-state index is 11.6. The molecule has 2 rings (SSSR count). The van der Waals surface area contributed by atoms with Gasteiger partial charge in [-0.2, -0.15) is 0 Å². The highest BCUT2D eigenvalue weighted by atomic mass is 28.4. The van der Waals surface area contributed by atoms with Gasteiger partial charge >= 0.3 is 6.09 Å². The number of ether oxygens (including phenoxy) is 1. The number of cyclic esters (lactones) is 1. The summed E-state index contributed by atoms with van der Waals surface area (Å²) in [5, 5.41) is 3.08. The van der Waals surface area contributed by atoms with Crippen molar-refractivity contribution in [3.05, 3.63) is 42.0 Å². The van der Waals surface area contributed by atoms with E-state index < -0.39 is 8.32 Å². The van der Waals surface area contributed by atoms with Crippen LogP contribution in [-0.4, -0.2) is 33.2 Å². The molecule has 1 N–H and O–H groups in total. The zero-order chi connectivity index (χ0) is 17.8. The van der Waals surface area contributed by atoms with Gasteiger partial charge in [0.25, 0.3) is 0 Å². The van der Waals surface area contributed by atoms with Gasteiger partial charge in [-0.05, 0) is 36.2 Å². The molecular formula is C19H29NO3Si. The van der Waals surface area contributed by atoms with Crippen LogP contribution in [-0.2, 0) is 9.16 Å². The van der Waals surface area contributed by atoms with Gasteiger partial charge in [0.1, 0.15) is 6.10 Å². The Labute approximate surface area is 146 Å². The summed E-state index contributed by atoms with van der Waals surface area (Å²) in [4.78, 5) is 11.6. The molecule has 2 atom stereocenters. The quantitative estimate of drug-likeness (QED) is 0.766. The summed E-state index contributed by atoms with van der Waals surface area (Å²) in [5.74, 6) is 0. The number of amides is 1. The Balaban J connectivity index is 1.91. The second-order valence-corrected chi connectivity index (χ2v) is 12.6. The summed E-state index contributed by atoms with van der Waals surface area (Å²) in [5.41, 5.74) is 1.09. The molecule has 1 amide bonds. The Hall–Kier alpha value is -1.59. The summed E-state index contributed by atoms with van der Waals surface area (Å²) in [7, 11) is -1.76. The molecule has 1 aromatic carbocycles. The third-order valence-corrected chi connectivity index (χ3v) is 9.46. The number of carbonyl (C=O) groups is 1. The average Bonchev–Trinajstić information content (AvgIpc) is 2.85. The predicted molar refractivity (Wildman–Crippen MR) is 100 cm³/mol. The van der Waals surface area contributed by atoms with E-state index in [1.165, 1.54) is 0 Å². The van der Waals surface area contributed by atoms with Crippen molar-refractivity contribution < 1.29 is 14.0 Å². The minimum absolute atomic E-state index is 0.0396. The Kier molecular flexibility index (Phi) is 5.88. The van der Waals surface area contributed by atoms with Gasteiger partial charge in [-0.3, -0.25) is 0 Å². The molecule has 4 nitrogen and oxygen atoms in total. The minimum atomic E-state index is -1.76. The van der Waals surface area contributed by atoms with E-state index >= 15 is 0 Å². The van der Waals surface area contributed by atoms with Crippen LogP contribution < -0.4 is 5.32 Å². The zero-order valence-corrected chi connectivity index (χ0v) is 16.3. The molecule has 0 saturated carbocycles. The Bertz CT molecular complexity index is 578. The summed E-state index contributed by atoms with van der Waals surface area (Å²) >= 11 is 0. The van der Waals surface area contributed by atoms with Crippen LogP contribution in [0.5, 0.6) is 0 Å². The fourth-order valence-corrected chi connectivity index (χ4v) is 3.37. The third kappa shape index (κ3) is 4.95. The van der Waals surface area contributed by atoms with Crippen molar-refractivity contribution in [1.82, 2.24) is 5.32 Å². The fraction of sp³-hybridized carbons (Fsp3) is 0.526. The van der Waals surface area contributed by atoms with Crippen LogP contribution in [0.1, 0.15) is 32.8 Å². The number of nitrogens with one attached hydrogen (secondary N) is 1. The van der Waals surface area contributed by atoms with Gasteiger partial charge < -0.3 is 14.5 Å². The van der Waals surface area contributed by atoms with E-state index in [0.29, 0.717) is 6.61 Å². The topological polar surface area (TPSA) is 47.6 Å². The van der Waals surface area contributed by atoms with Gasteiger partial charge in [0, 0.05) is 6.61 Å². The first-order valence-corrected chi connectivity index (χ1v) is 11.4. The first kappa shape index (κ1) is 18.7. The molecule has 0 aromatic heterocycles. The number of carbonyl (C=O) groups excluding carboxylic acids is 1. The van der Waals surface area contributed by atoms with E-state index in [1.807, 2.05) is 42.5 Å². The van der Waals surface area contributed by atoms with Crippen molar-refractivity contribution >= 4 is 20.5 Å². The average molecular weight is 348 g/mol. The van der Waals surface area contributed by atoms with Gasteiger partial charge in [0.15, 0.2) is 8.32 Å². The number of hydrogen-bond donors (Lipinski definition) is 1. The van der Waals surface area contributed by atoms with E-state index in [0.717, 1.165) is 12.0 Å². The number of benzene rings is 1. The molecule has 24 heavy (non-hydrogen) atoms. The largest absolute Gasteiger partial charge is 0.440 e. The molecule has 1 unspecified atom stereocenters. The van der Waals surface area contributed by atoms with Crippen molar-refractivity contribution in [2.45, 2.75) is 57.5 Å².